The van der Waals surface area contributed by atoms with Gasteiger partial charge in [-0.1, -0.05) is 12.1 Å². The molecule has 3 aromatic rings. The quantitative estimate of drug-likeness (QED) is 0.540. The molecular weight excluding hydrogens is 396 g/mol. The molecule has 4 rings (SSSR count). The molecule has 0 fully saturated rings. The van der Waals surface area contributed by atoms with Gasteiger partial charge in [-0.2, -0.15) is 0 Å². The number of nitrogens with zero attached hydrogens (tertiary/aromatic N) is 2. The molecule has 1 aliphatic heterocycles. The van der Waals surface area contributed by atoms with Gasteiger partial charge in [0, 0.05) is 18.8 Å². The Bertz CT molecular complexity index is 1080. The number of hydrogen-bond acceptors (Lipinski definition) is 6. The Hall–Kier alpha value is -3.74. The van der Waals surface area contributed by atoms with Gasteiger partial charge in [0.25, 0.3) is 5.91 Å². The highest BCUT2D eigenvalue weighted by atomic mass is 16.3. The number of hydrogen-bond donors (Lipinski definition) is 1. The van der Waals surface area contributed by atoms with Crippen molar-refractivity contribution in [3.05, 3.63) is 89.5 Å². The summed E-state index contributed by atoms with van der Waals surface area (Å²) in [5.41, 5.74) is 1.76. The summed E-state index contributed by atoms with van der Waals surface area (Å²) in [6, 6.07) is 13.5. The minimum absolute atomic E-state index is 0.00194. The number of ketones is 1. The van der Waals surface area contributed by atoms with Gasteiger partial charge in [-0.05, 0) is 55.8 Å². The zero-order valence-corrected chi connectivity index (χ0v) is 17.4. The summed E-state index contributed by atoms with van der Waals surface area (Å²) in [4.78, 5) is 29.7. The Morgan fingerprint density at radius 2 is 1.71 bits per heavy atom. The van der Waals surface area contributed by atoms with E-state index in [1.807, 2.05) is 24.3 Å². The molecule has 3 heterocycles. The van der Waals surface area contributed by atoms with Crippen molar-refractivity contribution in [3.8, 4) is 0 Å². The Morgan fingerprint density at radius 3 is 2.29 bits per heavy atom. The molecule has 1 unspecified atom stereocenters. The third kappa shape index (κ3) is 3.74. The molecular formula is C24H24N2O5. The molecule has 7 heteroatoms. The fourth-order valence-corrected chi connectivity index (χ4v) is 3.96. The van der Waals surface area contributed by atoms with Crippen molar-refractivity contribution < 1.29 is 23.5 Å². The molecule has 1 aliphatic rings. The molecule has 1 N–H and O–H groups in total. The van der Waals surface area contributed by atoms with Gasteiger partial charge < -0.3 is 23.7 Å². The smallest absolute Gasteiger partial charge is 0.290 e. The van der Waals surface area contributed by atoms with E-state index < -0.39 is 23.5 Å². The number of amides is 1. The van der Waals surface area contributed by atoms with E-state index in [1.165, 1.54) is 23.5 Å². The Kier molecular flexibility index (Phi) is 5.66. The van der Waals surface area contributed by atoms with E-state index >= 15 is 0 Å². The van der Waals surface area contributed by atoms with Crippen LogP contribution in [0.25, 0.3) is 0 Å². The number of Topliss-reactive ketones (excluding diaryl/α,β-unsaturated/α-hetero) is 1. The average Bonchev–Trinajstić information content (AvgIpc) is 3.54. The monoisotopic (exact) mass is 420 g/mol. The summed E-state index contributed by atoms with van der Waals surface area (Å²) < 4.78 is 10.7. The van der Waals surface area contributed by atoms with Gasteiger partial charge in [0.1, 0.15) is 5.76 Å². The van der Waals surface area contributed by atoms with Crippen LogP contribution in [-0.2, 0) is 11.3 Å². The van der Waals surface area contributed by atoms with Gasteiger partial charge >= 0.3 is 0 Å². The number of carbonyl (C=O) groups is 2. The average molecular weight is 420 g/mol. The highest BCUT2D eigenvalue weighted by Crippen LogP contribution is 2.40. The van der Waals surface area contributed by atoms with Crippen LogP contribution in [0.15, 0.2) is 81.2 Å². The van der Waals surface area contributed by atoms with Crippen LogP contribution in [0, 0.1) is 0 Å². The maximum Gasteiger partial charge on any atom is 0.290 e. The third-order valence-electron chi connectivity index (χ3n) is 5.54. The molecule has 7 nitrogen and oxygen atoms in total. The number of benzene rings is 1. The maximum atomic E-state index is 13.1. The topological polar surface area (TPSA) is 87.1 Å². The molecule has 31 heavy (non-hydrogen) atoms. The maximum absolute atomic E-state index is 13.1. The van der Waals surface area contributed by atoms with Crippen LogP contribution in [0.5, 0.6) is 0 Å². The second-order valence-electron chi connectivity index (χ2n) is 7.25. The first-order chi connectivity index (χ1) is 15.0. The summed E-state index contributed by atoms with van der Waals surface area (Å²) in [7, 11) is 0. The van der Waals surface area contributed by atoms with Gasteiger partial charge in [0.2, 0.25) is 5.78 Å². The van der Waals surface area contributed by atoms with Crippen LogP contribution < -0.4 is 4.90 Å². The van der Waals surface area contributed by atoms with Gasteiger partial charge in [-0.25, -0.2) is 0 Å². The predicted octanol–water partition coefficient (Wildman–Crippen LogP) is 4.50. The molecule has 0 radical (unpaired) electrons. The van der Waals surface area contributed by atoms with E-state index in [-0.39, 0.29) is 17.9 Å². The highest BCUT2D eigenvalue weighted by molar-refractivity contribution is 6.15. The molecule has 1 amide bonds. The molecule has 0 saturated heterocycles. The van der Waals surface area contributed by atoms with Crippen molar-refractivity contribution in [1.29, 1.82) is 0 Å². The second kappa shape index (κ2) is 8.55. The molecule has 160 valence electrons. The molecule has 0 spiro atoms. The number of carbonyl (C=O) groups excluding carboxylic acids is 2. The van der Waals surface area contributed by atoms with Crippen LogP contribution >= 0.6 is 0 Å². The molecule has 0 bridgehead atoms. The fraction of sp³-hybridized carbons (Fsp3) is 0.250. The van der Waals surface area contributed by atoms with Crippen molar-refractivity contribution in [3.63, 3.8) is 0 Å². The summed E-state index contributed by atoms with van der Waals surface area (Å²) in [5.74, 6) is -1.08. The first kappa shape index (κ1) is 20.5. The molecule has 1 atom stereocenters. The van der Waals surface area contributed by atoms with Crippen molar-refractivity contribution in [2.75, 3.05) is 18.0 Å². The first-order valence-corrected chi connectivity index (χ1v) is 10.2. The van der Waals surface area contributed by atoms with Crippen LogP contribution in [0.3, 0.4) is 0 Å². The normalized spacial score (nSPS) is 16.3. The van der Waals surface area contributed by atoms with Gasteiger partial charge in [0.15, 0.2) is 11.5 Å². The molecule has 0 aliphatic carbocycles. The van der Waals surface area contributed by atoms with Crippen molar-refractivity contribution in [2.45, 2.75) is 26.4 Å². The lowest BCUT2D eigenvalue weighted by atomic mass is 9.94. The lowest BCUT2D eigenvalue weighted by Gasteiger charge is -2.27. The minimum Gasteiger partial charge on any atom is -0.503 e. The molecule has 1 aromatic carbocycles. The number of rotatable bonds is 8. The first-order valence-electron chi connectivity index (χ1n) is 10.2. The van der Waals surface area contributed by atoms with Crippen LogP contribution in [-0.4, -0.2) is 34.8 Å². The van der Waals surface area contributed by atoms with Crippen LogP contribution in [0.4, 0.5) is 5.69 Å². The lowest BCUT2D eigenvalue weighted by Crippen LogP contribution is -2.30. The van der Waals surface area contributed by atoms with Gasteiger partial charge in [-0.3, -0.25) is 9.59 Å². The third-order valence-corrected chi connectivity index (χ3v) is 5.54. The number of aliphatic hydroxyl groups excluding tert-OH is 1. The lowest BCUT2D eigenvalue weighted by molar-refractivity contribution is -0.130. The van der Waals surface area contributed by atoms with Crippen molar-refractivity contribution in [1.82, 2.24) is 4.90 Å². The zero-order chi connectivity index (χ0) is 22.0. The highest BCUT2D eigenvalue weighted by Gasteiger charge is 2.44. The Morgan fingerprint density at radius 1 is 1.03 bits per heavy atom. The van der Waals surface area contributed by atoms with E-state index in [1.54, 1.807) is 18.2 Å². The van der Waals surface area contributed by atoms with E-state index in [9.17, 15) is 14.7 Å². The predicted molar refractivity (Wildman–Crippen MR) is 115 cm³/mol. The Labute approximate surface area is 180 Å². The minimum atomic E-state index is -0.763. The number of anilines is 1. The Balaban J connectivity index is 1.76. The molecule has 0 saturated carbocycles. The summed E-state index contributed by atoms with van der Waals surface area (Å²) in [5, 5.41) is 10.7. The van der Waals surface area contributed by atoms with E-state index in [0.717, 1.165) is 24.3 Å². The fourth-order valence-electron chi connectivity index (χ4n) is 3.96. The van der Waals surface area contributed by atoms with Gasteiger partial charge in [-0.15, -0.1) is 0 Å². The van der Waals surface area contributed by atoms with Crippen LogP contribution in [0.2, 0.25) is 0 Å². The number of furan rings is 2. The van der Waals surface area contributed by atoms with Gasteiger partial charge in [0.05, 0.1) is 30.7 Å². The van der Waals surface area contributed by atoms with E-state index in [2.05, 4.69) is 18.7 Å². The van der Waals surface area contributed by atoms with Crippen molar-refractivity contribution in [2.24, 2.45) is 0 Å². The largest absolute Gasteiger partial charge is 0.503 e. The summed E-state index contributed by atoms with van der Waals surface area (Å²) in [6.45, 7) is 6.02. The standard InChI is InChI=1S/C24H24N2O5/c1-3-25(4-2)17-11-9-16(10-12-17)21-20(22(27)19-8-6-14-31-19)23(28)24(29)26(21)15-18-7-5-13-30-18/h5-14,21,28H,3-4,15H2,1-2H3. The van der Waals surface area contributed by atoms with E-state index in [4.69, 9.17) is 8.83 Å². The van der Waals surface area contributed by atoms with E-state index in [0.29, 0.717) is 5.76 Å². The summed E-state index contributed by atoms with van der Waals surface area (Å²) in [6.07, 6.45) is 2.90. The summed E-state index contributed by atoms with van der Waals surface area (Å²) >= 11 is 0. The SMILES string of the molecule is CCN(CC)c1ccc(C2C(C(=O)c3ccco3)=C(O)C(=O)N2Cc2ccco2)cc1. The number of aliphatic hydroxyl groups is 1. The van der Waals surface area contributed by atoms with Crippen molar-refractivity contribution >= 4 is 17.4 Å². The second-order valence-corrected chi connectivity index (χ2v) is 7.25. The molecule has 2 aromatic heterocycles. The zero-order valence-electron chi connectivity index (χ0n) is 17.4. The van der Waals surface area contributed by atoms with Crippen LogP contribution in [0.1, 0.15) is 41.8 Å².